The maximum absolute atomic E-state index is 10.4. The Morgan fingerprint density at radius 1 is 0.792 bits per heavy atom. The van der Waals surface area contributed by atoms with Gasteiger partial charge in [0, 0.05) is 11.5 Å². The fourth-order valence-corrected chi connectivity index (χ4v) is 3.89. The molecule has 0 spiro atoms. The molecule has 0 saturated carbocycles. The third-order valence-electron chi connectivity index (χ3n) is 1.61. The van der Waals surface area contributed by atoms with E-state index < -0.39 is 52.2 Å². The molecule has 20 heteroatoms. The Morgan fingerprint density at radius 3 is 1.21 bits per heavy atom. The van der Waals surface area contributed by atoms with Crippen LogP contribution in [0.2, 0.25) is 0 Å². The van der Waals surface area contributed by atoms with Crippen molar-refractivity contribution >= 4 is 39.9 Å². The smallest absolute Gasteiger partial charge is 0.739 e. The van der Waals surface area contributed by atoms with Crippen LogP contribution in [-0.4, -0.2) is 59.8 Å². The first-order valence-corrected chi connectivity index (χ1v) is 10.4. The molecule has 0 saturated heterocycles. The second-order valence-electron chi connectivity index (χ2n) is 3.12. The molecule has 130 valence electrons. The van der Waals surface area contributed by atoms with Crippen LogP contribution in [0.4, 0.5) is 0 Å². The van der Waals surface area contributed by atoms with Gasteiger partial charge in [0.05, 0.1) is 0 Å². The largest absolute Gasteiger partial charge is 1.00 e. The summed E-state index contributed by atoms with van der Waals surface area (Å²) in [6.45, 7) is 0. The maximum atomic E-state index is 10.4. The standard InChI is InChI=1S/C4H8N2O12S4.2Na/c7-5(8)17-3(1-19-21(11,12)13)4(18-6(9)10)2-20-22(14,15)16;;/h3-4H,1-2H2,(H,11,12,13)(H,14,15,16);;/q;2*+1/p-2. The molecule has 0 aromatic carbocycles. The van der Waals surface area contributed by atoms with Gasteiger partial charge in [-0.25, -0.2) is 16.8 Å². The van der Waals surface area contributed by atoms with Crippen molar-refractivity contribution in [1.29, 1.82) is 0 Å². The molecule has 0 aliphatic rings. The van der Waals surface area contributed by atoms with Gasteiger partial charge in [0.1, 0.15) is 30.5 Å². The minimum absolute atomic E-state index is 0. The van der Waals surface area contributed by atoms with E-state index in [-0.39, 0.29) is 80.7 Å². The van der Waals surface area contributed by atoms with Gasteiger partial charge >= 0.3 is 59.1 Å². The Bertz CT molecular complexity index is 555. The zero-order valence-electron chi connectivity index (χ0n) is 12.0. The minimum Gasteiger partial charge on any atom is -0.739 e. The SMILES string of the molecule is O=[N+]([O-])OC(CSS(=O)(=O)[O-])C(CSS(=O)(=O)[O-])O[N+](=O)[O-].[Na+].[Na+]. The first-order chi connectivity index (χ1) is 9.80. The summed E-state index contributed by atoms with van der Waals surface area (Å²) in [6.07, 6.45) is -3.97. The van der Waals surface area contributed by atoms with Gasteiger partial charge < -0.3 is 18.8 Å². The topological polar surface area (TPSA) is 219 Å². The van der Waals surface area contributed by atoms with Crippen molar-refractivity contribution in [3.8, 4) is 0 Å². The normalized spacial score (nSPS) is 13.6. The van der Waals surface area contributed by atoms with Crippen LogP contribution in [0.15, 0.2) is 0 Å². The van der Waals surface area contributed by atoms with Crippen LogP contribution in [0, 0.1) is 20.2 Å². The first-order valence-electron chi connectivity index (χ1n) is 4.63. The predicted octanol–water partition coefficient (Wildman–Crippen LogP) is -7.46. The second-order valence-corrected chi connectivity index (χ2v) is 9.76. The summed E-state index contributed by atoms with van der Waals surface area (Å²) in [6, 6.07) is 0. The van der Waals surface area contributed by atoms with Gasteiger partial charge in [-0.3, -0.25) is 0 Å². The third kappa shape index (κ3) is 17.7. The summed E-state index contributed by atoms with van der Waals surface area (Å²) in [5, 5.41) is 17.6. The monoisotopic (exact) mass is 448 g/mol. The van der Waals surface area contributed by atoms with E-state index in [4.69, 9.17) is 0 Å². The van der Waals surface area contributed by atoms with Gasteiger partial charge in [-0.1, -0.05) is 0 Å². The zero-order valence-corrected chi connectivity index (χ0v) is 19.3. The molecular weight excluding hydrogens is 442 g/mol. The fourth-order valence-electron chi connectivity index (χ4n) is 0.933. The van der Waals surface area contributed by atoms with Crippen molar-refractivity contribution < 1.29 is 105 Å². The van der Waals surface area contributed by atoms with E-state index in [9.17, 15) is 46.2 Å². The van der Waals surface area contributed by atoms with E-state index >= 15 is 0 Å². The van der Waals surface area contributed by atoms with Crippen molar-refractivity contribution in [2.75, 3.05) is 11.5 Å². The predicted molar refractivity (Wildman–Crippen MR) is 68.0 cm³/mol. The summed E-state index contributed by atoms with van der Waals surface area (Å²) >= 11 is 0. The van der Waals surface area contributed by atoms with E-state index in [1.54, 1.807) is 0 Å². The molecule has 0 fully saturated rings. The average molecular weight is 448 g/mol. The Morgan fingerprint density at radius 2 is 1.04 bits per heavy atom. The van der Waals surface area contributed by atoms with E-state index in [2.05, 4.69) is 9.68 Å². The van der Waals surface area contributed by atoms with Crippen LogP contribution >= 0.6 is 21.6 Å². The average Bonchev–Trinajstić information content (AvgIpc) is 2.27. The summed E-state index contributed by atoms with van der Waals surface area (Å²) < 4.78 is 62.6. The van der Waals surface area contributed by atoms with Crippen molar-refractivity contribution in [2.45, 2.75) is 12.2 Å². The molecule has 0 rings (SSSR count). The molecule has 0 amide bonds. The van der Waals surface area contributed by atoms with Crippen molar-refractivity contribution in [1.82, 2.24) is 0 Å². The molecule has 0 aliphatic carbocycles. The van der Waals surface area contributed by atoms with Gasteiger partial charge in [0.15, 0.2) is 0 Å². The third-order valence-corrected chi connectivity index (χ3v) is 5.67. The molecule has 0 aromatic heterocycles. The first kappa shape index (κ1) is 29.7. The van der Waals surface area contributed by atoms with Crippen LogP contribution < -0.4 is 59.1 Å². The van der Waals surface area contributed by atoms with Crippen LogP contribution in [0.3, 0.4) is 0 Å². The van der Waals surface area contributed by atoms with Crippen LogP contribution in [0.25, 0.3) is 0 Å². The molecule has 0 N–H and O–H groups in total. The van der Waals surface area contributed by atoms with Gasteiger partial charge in [0.2, 0.25) is 0 Å². The van der Waals surface area contributed by atoms with Gasteiger partial charge in [-0.15, -0.1) is 20.2 Å². The van der Waals surface area contributed by atoms with E-state index in [0.717, 1.165) is 0 Å². The van der Waals surface area contributed by atoms with Crippen LogP contribution in [-0.2, 0) is 28.0 Å². The van der Waals surface area contributed by atoms with Gasteiger partial charge in [0.25, 0.3) is 10.2 Å². The summed E-state index contributed by atoms with van der Waals surface area (Å²) in [4.78, 5) is 28.4. The maximum Gasteiger partial charge on any atom is 1.00 e. The molecule has 0 aliphatic heterocycles. The van der Waals surface area contributed by atoms with E-state index in [0.29, 0.717) is 0 Å². The number of hydrogen-bond acceptors (Lipinski definition) is 14. The Balaban J connectivity index is -0.00000220. The number of nitrogens with zero attached hydrogens (tertiary/aromatic N) is 2. The number of hydrogen-bond donors (Lipinski definition) is 0. The fraction of sp³-hybridized carbons (Fsp3) is 1.00. The Hall–Kier alpha value is 0.920. The summed E-state index contributed by atoms with van der Waals surface area (Å²) in [7, 11) is -10.6. The van der Waals surface area contributed by atoms with Crippen molar-refractivity contribution in [3.05, 3.63) is 20.2 Å². The Kier molecular flexibility index (Phi) is 16.3. The molecular formula is C4H6N2Na2O12S4. The Labute approximate surface area is 186 Å². The van der Waals surface area contributed by atoms with Gasteiger partial charge in [-0.2, -0.15) is 0 Å². The van der Waals surface area contributed by atoms with E-state index in [1.165, 1.54) is 0 Å². The molecule has 2 atom stereocenters. The van der Waals surface area contributed by atoms with Crippen molar-refractivity contribution in [3.63, 3.8) is 0 Å². The molecule has 0 heterocycles. The summed E-state index contributed by atoms with van der Waals surface area (Å²) in [5.74, 6) is -1.93. The zero-order chi connectivity index (χ0) is 17.6. The quantitative estimate of drug-likeness (QED) is 0.0942. The van der Waals surface area contributed by atoms with Crippen LogP contribution in [0.1, 0.15) is 0 Å². The molecule has 0 aromatic rings. The number of rotatable bonds is 11. The molecule has 2 unspecified atom stereocenters. The van der Waals surface area contributed by atoms with Crippen LogP contribution in [0.5, 0.6) is 0 Å². The minimum atomic E-state index is -4.91. The molecule has 0 radical (unpaired) electrons. The molecule has 24 heavy (non-hydrogen) atoms. The van der Waals surface area contributed by atoms with E-state index in [1.807, 2.05) is 0 Å². The van der Waals surface area contributed by atoms with Gasteiger partial charge in [-0.05, 0) is 21.6 Å². The second kappa shape index (κ2) is 13.1. The molecule has 14 nitrogen and oxygen atoms in total. The summed E-state index contributed by atoms with van der Waals surface area (Å²) in [5.41, 5.74) is 0. The molecule has 0 bridgehead atoms. The van der Waals surface area contributed by atoms with Crippen molar-refractivity contribution in [2.24, 2.45) is 0 Å².